The molecule has 3 rings (SSSR count). The minimum Gasteiger partial charge on any atom is -0.479 e. The number of aliphatic carboxylic acids is 1. The van der Waals surface area contributed by atoms with Crippen LogP contribution in [-0.4, -0.2) is 201 Å². The van der Waals surface area contributed by atoms with Gasteiger partial charge in [-0.1, -0.05) is 0 Å². The zero-order chi connectivity index (χ0) is 39.7. The van der Waals surface area contributed by atoms with Crippen LogP contribution in [-0.2, 0) is 83.0 Å². The second kappa shape index (κ2) is 17.1. The average molecular weight is 851 g/mol. The Morgan fingerprint density at radius 2 is 1.21 bits per heavy atom. The smallest absolute Gasteiger partial charge is 0.397 e. The molecule has 0 radical (unpaired) electrons. The van der Waals surface area contributed by atoms with E-state index in [2.05, 4.69) is 8.37 Å². The molecule has 29 nitrogen and oxygen atoms in total. The summed E-state index contributed by atoms with van der Waals surface area (Å²) < 4.78 is 171. The third-order valence-corrected chi connectivity index (χ3v) is 9.39. The monoisotopic (exact) mass is 850 g/mol. The summed E-state index contributed by atoms with van der Waals surface area (Å²) in [5, 5.41) is 62.6. The van der Waals surface area contributed by atoms with Crippen molar-refractivity contribution in [3.63, 3.8) is 0 Å². The van der Waals surface area contributed by atoms with E-state index in [9.17, 15) is 78.2 Å². The largest absolute Gasteiger partial charge is 0.479 e. The Morgan fingerprint density at radius 1 is 0.673 bits per heavy atom. The predicted octanol–water partition coefficient (Wildman–Crippen LogP) is -8.37. The molecule has 15 atom stereocenters. The van der Waals surface area contributed by atoms with Crippen LogP contribution in [0.2, 0.25) is 0 Å². The van der Waals surface area contributed by atoms with Gasteiger partial charge >= 0.3 is 47.4 Å². The van der Waals surface area contributed by atoms with Crippen molar-refractivity contribution in [3.05, 3.63) is 0 Å². The molecule has 0 bridgehead atoms. The molecule has 1 unspecified atom stereocenters. The molecule has 0 aliphatic carbocycles. The van der Waals surface area contributed by atoms with Gasteiger partial charge in [-0.15, -0.1) is 0 Å². The van der Waals surface area contributed by atoms with Gasteiger partial charge in [-0.25, -0.2) is 13.2 Å². The zero-order valence-corrected chi connectivity index (χ0v) is 28.9. The molecule has 33 heteroatoms. The first-order valence-electron chi connectivity index (χ1n) is 13.8. The topological polar surface area (TPSA) is 454 Å². The number of nitrogens with one attached hydrogen (secondary N) is 2. The zero-order valence-electron chi connectivity index (χ0n) is 25.6. The minimum atomic E-state index is -5.73. The van der Waals surface area contributed by atoms with Gasteiger partial charge in [-0.3, -0.25) is 18.2 Å². The number of hydrogen-bond donors (Lipinski definition) is 12. The fraction of sp³-hybridized carbons (Fsp3) is 0.947. The van der Waals surface area contributed by atoms with Crippen molar-refractivity contribution in [1.82, 2.24) is 9.44 Å². The number of carbonyl (C=O) groups is 1. The van der Waals surface area contributed by atoms with E-state index < -0.39 is 153 Å². The average Bonchev–Trinajstić information content (AvgIpc) is 2.97. The fourth-order valence-corrected chi connectivity index (χ4v) is 7.29. The van der Waals surface area contributed by atoms with Crippen LogP contribution < -0.4 is 9.44 Å². The molecule has 3 fully saturated rings. The number of carboxylic acid groups (broad SMARTS) is 1. The third kappa shape index (κ3) is 12.0. The fourth-order valence-electron chi connectivity index (χ4n) is 5.30. The molecule has 3 heterocycles. The van der Waals surface area contributed by atoms with E-state index in [1.807, 2.05) is 0 Å². The molecule has 0 aromatic rings. The lowest BCUT2D eigenvalue weighted by molar-refractivity contribution is -0.358. The van der Waals surface area contributed by atoms with Crippen LogP contribution in [0.15, 0.2) is 0 Å². The molecule has 3 aliphatic rings. The second-order valence-corrected chi connectivity index (χ2v) is 15.4. The van der Waals surface area contributed by atoms with Crippen molar-refractivity contribution >= 4 is 47.4 Å². The molecular formula is C19H34N2O27S4. The van der Waals surface area contributed by atoms with Crippen LogP contribution in [0.1, 0.15) is 0 Å². The maximum absolute atomic E-state index is 12.4. The van der Waals surface area contributed by atoms with Crippen molar-refractivity contribution < 1.29 is 124 Å². The van der Waals surface area contributed by atoms with E-state index in [0.29, 0.717) is 0 Å². The predicted molar refractivity (Wildman–Crippen MR) is 152 cm³/mol. The highest BCUT2D eigenvalue weighted by Crippen LogP contribution is 2.34. The van der Waals surface area contributed by atoms with Crippen LogP contribution in [0.4, 0.5) is 0 Å². The Labute approximate surface area is 292 Å². The summed E-state index contributed by atoms with van der Waals surface area (Å²) in [5.41, 5.74) is 0. The Hall–Kier alpha value is -1.49. The molecule has 0 spiro atoms. The molecule has 12 N–H and O–H groups in total. The van der Waals surface area contributed by atoms with Gasteiger partial charge in [0, 0.05) is 7.11 Å². The Balaban J connectivity index is 2.04. The molecule has 52 heavy (non-hydrogen) atoms. The first kappa shape index (κ1) is 44.9. The van der Waals surface area contributed by atoms with Gasteiger partial charge in [-0.2, -0.15) is 43.1 Å². The molecular weight excluding hydrogens is 816 g/mol. The van der Waals surface area contributed by atoms with Crippen LogP contribution in [0, 0.1) is 0 Å². The molecule has 3 saturated heterocycles. The van der Waals surface area contributed by atoms with Crippen LogP contribution in [0.3, 0.4) is 0 Å². The van der Waals surface area contributed by atoms with Crippen LogP contribution in [0.5, 0.6) is 0 Å². The van der Waals surface area contributed by atoms with Crippen molar-refractivity contribution in [2.24, 2.45) is 0 Å². The normalized spacial score (nSPS) is 39.6. The van der Waals surface area contributed by atoms with Crippen molar-refractivity contribution in [3.8, 4) is 0 Å². The molecule has 0 aromatic heterocycles. The maximum Gasteiger partial charge on any atom is 0.397 e. The summed E-state index contributed by atoms with van der Waals surface area (Å²) in [6, 6.07) is -4.48. The van der Waals surface area contributed by atoms with E-state index in [0.717, 1.165) is 7.11 Å². The lowest BCUT2D eigenvalue weighted by atomic mass is 9.95. The number of ether oxygens (including phenoxy) is 6. The quantitative estimate of drug-likeness (QED) is 0.0642. The summed E-state index contributed by atoms with van der Waals surface area (Å²) in [6.07, 6.45) is -30.5. The number of methoxy groups -OCH3 is 1. The van der Waals surface area contributed by atoms with E-state index in [-0.39, 0.29) is 0 Å². The highest BCUT2D eigenvalue weighted by Gasteiger charge is 2.57. The van der Waals surface area contributed by atoms with Crippen molar-refractivity contribution in [2.75, 3.05) is 20.3 Å². The van der Waals surface area contributed by atoms with E-state index in [1.165, 1.54) is 9.44 Å². The van der Waals surface area contributed by atoms with Crippen molar-refractivity contribution in [1.29, 1.82) is 0 Å². The number of rotatable bonds is 16. The SMILES string of the molecule is CO[C@H]1[C@H](O)[C@@H](NS(=O)(=O)O)C(O[C@H]2[C@H](O)[C@@H](OS(=O)(=O)O)[C@@H](O[C@H]3[C@H](O)[C@@H](NS(=O)(=O)O)[C@@H](O)O[C@@H]3CO)O[C@@H]2C(=O)O)O[C@@H]1COS(=O)(=O)O. The lowest BCUT2D eigenvalue weighted by Gasteiger charge is -2.48. The lowest BCUT2D eigenvalue weighted by Crippen LogP contribution is -2.70. The van der Waals surface area contributed by atoms with Gasteiger partial charge in [0.1, 0.15) is 60.9 Å². The highest BCUT2D eigenvalue weighted by atomic mass is 32.3. The van der Waals surface area contributed by atoms with Gasteiger partial charge in [0.05, 0.1) is 13.2 Å². The summed E-state index contributed by atoms with van der Waals surface area (Å²) >= 11 is 0. The summed E-state index contributed by atoms with van der Waals surface area (Å²) in [4.78, 5) is 12.4. The molecule has 3 aliphatic heterocycles. The first-order valence-corrected chi connectivity index (χ1v) is 19.4. The van der Waals surface area contributed by atoms with E-state index in [4.69, 9.17) is 37.5 Å². The minimum absolute atomic E-state index is 0.886. The Morgan fingerprint density at radius 3 is 1.69 bits per heavy atom. The van der Waals surface area contributed by atoms with E-state index in [1.54, 1.807) is 0 Å². The highest BCUT2D eigenvalue weighted by molar-refractivity contribution is 7.84. The van der Waals surface area contributed by atoms with Gasteiger partial charge in [0.25, 0.3) is 0 Å². The second-order valence-electron chi connectivity index (χ2n) is 10.9. The Kier molecular flexibility index (Phi) is 14.8. The molecule has 0 aromatic carbocycles. The Bertz CT molecular complexity index is 1680. The van der Waals surface area contributed by atoms with E-state index >= 15 is 0 Å². The van der Waals surface area contributed by atoms with Crippen LogP contribution >= 0.6 is 0 Å². The van der Waals surface area contributed by atoms with Gasteiger partial charge in [0.15, 0.2) is 31.1 Å². The number of aliphatic hydroxyl groups excluding tert-OH is 5. The summed E-state index contributed by atoms with van der Waals surface area (Å²) in [7, 11) is -20.6. The molecule has 0 amide bonds. The van der Waals surface area contributed by atoms with Crippen molar-refractivity contribution in [2.45, 2.75) is 92.0 Å². The molecule has 0 saturated carbocycles. The van der Waals surface area contributed by atoms with Crippen LogP contribution in [0.25, 0.3) is 0 Å². The molecule has 306 valence electrons. The number of aliphatic hydroxyl groups is 5. The van der Waals surface area contributed by atoms with Gasteiger partial charge in [0.2, 0.25) is 0 Å². The number of carboxylic acids is 1. The summed E-state index contributed by atoms with van der Waals surface area (Å²) in [6.45, 7) is -2.40. The third-order valence-electron chi connectivity index (χ3n) is 7.35. The maximum atomic E-state index is 12.4. The standard InChI is InChI=1S/C19H34N2O27S4/c1-41-11-5(3-42-51(35,36)37)44-18(7(9(11)24)21-50(32,33)34)46-13-10(25)14(48-52(38,39)40)19(47-15(13)16(26)27)45-12-4(2-22)43-17(28)6(8(12)23)20-49(29,30)31/h4-15,17-25,28H,2-3H2,1H3,(H,26,27)(H,29,30,31)(H,32,33,34)(H,35,36,37)(H,38,39,40)/t4-,5-,6-,7-,8-,9-,10+,11-,12-,13+,14-,15+,17+,18?,19+/m1/s1. The van der Waals surface area contributed by atoms with Gasteiger partial charge in [-0.05, 0) is 0 Å². The number of hydrogen-bond acceptors (Lipinski definition) is 22. The summed E-state index contributed by atoms with van der Waals surface area (Å²) in [5.74, 6) is -2.12. The first-order chi connectivity index (χ1) is 23.7. The van der Waals surface area contributed by atoms with Gasteiger partial charge < -0.3 is 59.1 Å².